The second kappa shape index (κ2) is 9.10. The lowest BCUT2D eigenvalue weighted by atomic mass is 9.99. The van der Waals surface area contributed by atoms with E-state index in [0.29, 0.717) is 25.9 Å². The van der Waals surface area contributed by atoms with Gasteiger partial charge in [-0.25, -0.2) is 0 Å². The third-order valence-corrected chi connectivity index (χ3v) is 4.53. The number of carbonyl (C=O) groups excluding carboxylic acids is 2. The molecule has 0 saturated carbocycles. The van der Waals surface area contributed by atoms with Gasteiger partial charge in [-0.2, -0.15) is 0 Å². The van der Waals surface area contributed by atoms with Crippen LogP contribution < -0.4 is 11.1 Å². The number of ether oxygens (including phenoxy) is 1. The molecule has 2 fully saturated rings. The molecule has 2 aliphatic rings. The third-order valence-electron chi connectivity index (χ3n) is 4.53. The number of nitrogens with zero attached hydrogens (tertiary/aromatic N) is 1. The van der Waals surface area contributed by atoms with Crippen LogP contribution in [0.15, 0.2) is 0 Å². The van der Waals surface area contributed by atoms with E-state index in [1.807, 2.05) is 4.90 Å². The maximum Gasteiger partial charge on any atom is 0.225 e. The molecule has 2 aliphatic heterocycles. The monoisotopic (exact) mass is 311 g/mol. The molecule has 0 radical (unpaired) electrons. The highest BCUT2D eigenvalue weighted by Gasteiger charge is 2.29. The Bertz CT molecular complexity index is 370. The number of likely N-dealkylation sites (tertiary alicyclic amines) is 1. The van der Waals surface area contributed by atoms with Crippen molar-refractivity contribution in [3.8, 4) is 0 Å². The average molecular weight is 311 g/mol. The lowest BCUT2D eigenvalue weighted by Crippen LogP contribution is -2.50. The zero-order chi connectivity index (χ0) is 15.8. The van der Waals surface area contributed by atoms with Crippen LogP contribution in [0.1, 0.15) is 51.4 Å². The summed E-state index contributed by atoms with van der Waals surface area (Å²) >= 11 is 0. The first-order valence-electron chi connectivity index (χ1n) is 8.58. The maximum absolute atomic E-state index is 12.6. The molecule has 2 saturated heterocycles. The van der Waals surface area contributed by atoms with Crippen molar-refractivity contribution < 1.29 is 14.3 Å². The SMILES string of the molecule is NCCC(=O)NCC1CCCCN1C(=O)CC1CCCCO1. The zero-order valence-corrected chi connectivity index (χ0v) is 13.4. The summed E-state index contributed by atoms with van der Waals surface area (Å²) in [7, 11) is 0. The minimum absolute atomic E-state index is 0.0314. The molecule has 6 nitrogen and oxygen atoms in total. The van der Waals surface area contributed by atoms with E-state index in [-0.39, 0.29) is 24.0 Å². The van der Waals surface area contributed by atoms with Crippen molar-refractivity contribution in [3.05, 3.63) is 0 Å². The third kappa shape index (κ3) is 5.25. The minimum Gasteiger partial charge on any atom is -0.378 e. The van der Waals surface area contributed by atoms with Gasteiger partial charge in [0.2, 0.25) is 11.8 Å². The molecule has 0 aliphatic carbocycles. The topological polar surface area (TPSA) is 84.7 Å². The molecule has 0 aromatic heterocycles. The number of piperidine rings is 1. The van der Waals surface area contributed by atoms with Gasteiger partial charge in [-0.1, -0.05) is 0 Å². The summed E-state index contributed by atoms with van der Waals surface area (Å²) in [6, 6.07) is 0.117. The molecular formula is C16H29N3O3. The minimum atomic E-state index is -0.0314. The molecule has 0 spiro atoms. The summed E-state index contributed by atoms with van der Waals surface area (Å²) in [6.07, 6.45) is 7.25. The highest BCUT2D eigenvalue weighted by molar-refractivity contribution is 5.78. The summed E-state index contributed by atoms with van der Waals surface area (Å²) in [5.41, 5.74) is 5.38. The molecule has 3 N–H and O–H groups in total. The van der Waals surface area contributed by atoms with E-state index in [4.69, 9.17) is 10.5 Å². The molecule has 0 aromatic carbocycles. The average Bonchev–Trinajstić information content (AvgIpc) is 2.54. The van der Waals surface area contributed by atoms with Gasteiger partial charge in [0.1, 0.15) is 0 Å². The van der Waals surface area contributed by atoms with Gasteiger partial charge in [-0.15, -0.1) is 0 Å². The first kappa shape index (κ1) is 17.2. The predicted octanol–water partition coefficient (Wildman–Crippen LogP) is 0.792. The fraction of sp³-hybridized carbons (Fsp3) is 0.875. The van der Waals surface area contributed by atoms with Gasteiger partial charge in [0.15, 0.2) is 0 Å². The normalized spacial score (nSPS) is 25.8. The van der Waals surface area contributed by atoms with Crippen LogP contribution in [0.2, 0.25) is 0 Å². The van der Waals surface area contributed by atoms with Gasteiger partial charge in [0.25, 0.3) is 0 Å². The van der Waals surface area contributed by atoms with Crippen molar-refractivity contribution >= 4 is 11.8 Å². The molecule has 2 unspecified atom stereocenters. The standard InChI is InChI=1S/C16H29N3O3/c17-8-7-15(20)18-12-13-5-1-3-9-19(13)16(21)11-14-6-2-4-10-22-14/h13-14H,1-12,17H2,(H,18,20). The quantitative estimate of drug-likeness (QED) is 0.759. The second-order valence-electron chi connectivity index (χ2n) is 6.27. The summed E-state index contributed by atoms with van der Waals surface area (Å²) in [5.74, 6) is 0.140. The smallest absolute Gasteiger partial charge is 0.225 e. The Labute approximate surface area is 132 Å². The molecule has 0 aromatic rings. The Balaban J connectivity index is 1.82. The van der Waals surface area contributed by atoms with Crippen LogP contribution in [-0.4, -0.2) is 55.1 Å². The Morgan fingerprint density at radius 2 is 2.00 bits per heavy atom. The summed E-state index contributed by atoms with van der Waals surface area (Å²) in [4.78, 5) is 26.1. The number of nitrogens with two attached hydrogens (primary N) is 1. The second-order valence-corrected chi connectivity index (χ2v) is 6.27. The van der Waals surface area contributed by atoms with Crippen molar-refractivity contribution in [2.24, 2.45) is 5.73 Å². The number of amides is 2. The molecule has 2 heterocycles. The first-order chi connectivity index (χ1) is 10.7. The van der Waals surface area contributed by atoms with Gasteiger partial charge < -0.3 is 20.7 Å². The van der Waals surface area contributed by atoms with Gasteiger partial charge in [-0.3, -0.25) is 9.59 Å². The van der Waals surface area contributed by atoms with Crippen LogP contribution in [0, 0.1) is 0 Å². The molecule has 2 atom stereocenters. The number of hydrogen-bond donors (Lipinski definition) is 2. The van der Waals surface area contributed by atoms with Crippen LogP contribution in [-0.2, 0) is 14.3 Å². The van der Waals surface area contributed by atoms with E-state index in [1.54, 1.807) is 0 Å². The van der Waals surface area contributed by atoms with Crippen molar-refractivity contribution in [1.82, 2.24) is 10.2 Å². The molecule has 126 valence electrons. The molecule has 6 heteroatoms. The number of carbonyl (C=O) groups is 2. The van der Waals surface area contributed by atoms with Crippen molar-refractivity contribution in [2.45, 2.75) is 63.5 Å². The van der Waals surface area contributed by atoms with E-state index >= 15 is 0 Å². The summed E-state index contributed by atoms with van der Waals surface area (Å²) < 4.78 is 5.67. The molecule has 2 rings (SSSR count). The lowest BCUT2D eigenvalue weighted by molar-refractivity contribution is -0.139. The summed E-state index contributed by atoms with van der Waals surface area (Å²) in [5, 5.41) is 2.90. The van der Waals surface area contributed by atoms with Crippen LogP contribution >= 0.6 is 0 Å². The predicted molar refractivity (Wildman–Crippen MR) is 84.2 cm³/mol. The first-order valence-corrected chi connectivity index (χ1v) is 8.58. The van der Waals surface area contributed by atoms with Gasteiger partial charge in [0, 0.05) is 38.7 Å². The van der Waals surface area contributed by atoms with E-state index in [2.05, 4.69) is 5.32 Å². The van der Waals surface area contributed by atoms with E-state index in [1.165, 1.54) is 0 Å². The number of hydrogen-bond acceptors (Lipinski definition) is 4. The Hall–Kier alpha value is -1.14. The van der Waals surface area contributed by atoms with Crippen LogP contribution in [0.25, 0.3) is 0 Å². The highest BCUT2D eigenvalue weighted by atomic mass is 16.5. The van der Waals surface area contributed by atoms with Gasteiger partial charge >= 0.3 is 0 Å². The van der Waals surface area contributed by atoms with Crippen LogP contribution in [0.5, 0.6) is 0 Å². The number of rotatable bonds is 6. The Kier molecular flexibility index (Phi) is 7.12. The largest absolute Gasteiger partial charge is 0.378 e. The van der Waals surface area contributed by atoms with Crippen LogP contribution in [0.4, 0.5) is 0 Å². The zero-order valence-electron chi connectivity index (χ0n) is 13.4. The number of nitrogens with one attached hydrogen (secondary N) is 1. The fourth-order valence-corrected chi connectivity index (χ4v) is 3.27. The molecule has 2 amide bonds. The molecule has 0 bridgehead atoms. The van der Waals surface area contributed by atoms with E-state index in [9.17, 15) is 9.59 Å². The van der Waals surface area contributed by atoms with Crippen molar-refractivity contribution in [1.29, 1.82) is 0 Å². The van der Waals surface area contributed by atoms with E-state index < -0.39 is 0 Å². The molecule has 22 heavy (non-hydrogen) atoms. The van der Waals surface area contributed by atoms with Gasteiger partial charge in [-0.05, 0) is 38.5 Å². The highest BCUT2D eigenvalue weighted by Crippen LogP contribution is 2.21. The van der Waals surface area contributed by atoms with E-state index in [0.717, 1.165) is 51.7 Å². The Morgan fingerprint density at radius 3 is 2.73 bits per heavy atom. The van der Waals surface area contributed by atoms with Gasteiger partial charge in [0.05, 0.1) is 12.5 Å². The van der Waals surface area contributed by atoms with Crippen LogP contribution in [0.3, 0.4) is 0 Å². The van der Waals surface area contributed by atoms with Crippen molar-refractivity contribution in [2.75, 3.05) is 26.2 Å². The van der Waals surface area contributed by atoms with Crippen molar-refractivity contribution in [3.63, 3.8) is 0 Å². The summed E-state index contributed by atoms with van der Waals surface area (Å²) in [6.45, 7) is 2.47. The maximum atomic E-state index is 12.6. The Morgan fingerprint density at radius 1 is 1.18 bits per heavy atom. The lowest BCUT2D eigenvalue weighted by Gasteiger charge is -2.37. The molecular weight excluding hydrogens is 282 g/mol. The fourth-order valence-electron chi connectivity index (χ4n) is 3.27.